The minimum Gasteiger partial charge on any atom is -0.492 e. The standard InChI is InChI=1S/C21H17N3O3/c1-14-10-16(6-9-18(14)23-3)24-19(25)11-21(2,20(24)26)13-27-17-7-4-15(12-22)5-8-17/h4-10H,11,13H2,1-2H3/t21-/m0/s1. The average Bonchev–Trinajstić information content (AvgIpc) is 2.89. The molecule has 1 saturated heterocycles. The number of benzene rings is 2. The van der Waals surface area contributed by atoms with E-state index in [0.29, 0.717) is 28.3 Å². The van der Waals surface area contributed by atoms with Gasteiger partial charge in [-0.1, -0.05) is 6.07 Å². The Labute approximate surface area is 157 Å². The number of imide groups is 1. The largest absolute Gasteiger partial charge is 0.492 e. The van der Waals surface area contributed by atoms with E-state index >= 15 is 0 Å². The van der Waals surface area contributed by atoms with E-state index in [4.69, 9.17) is 16.6 Å². The van der Waals surface area contributed by atoms with Gasteiger partial charge >= 0.3 is 0 Å². The summed E-state index contributed by atoms with van der Waals surface area (Å²) in [5.41, 5.74) is 1.22. The Kier molecular flexibility index (Phi) is 4.66. The Hall–Kier alpha value is -3.64. The van der Waals surface area contributed by atoms with E-state index in [9.17, 15) is 9.59 Å². The summed E-state index contributed by atoms with van der Waals surface area (Å²) in [6.07, 6.45) is 0.0474. The first-order chi connectivity index (χ1) is 12.9. The molecule has 0 spiro atoms. The molecule has 1 fully saturated rings. The highest BCUT2D eigenvalue weighted by atomic mass is 16.5. The summed E-state index contributed by atoms with van der Waals surface area (Å²) in [6, 6.07) is 13.5. The highest BCUT2D eigenvalue weighted by Crippen LogP contribution is 2.37. The van der Waals surface area contributed by atoms with Crippen molar-refractivity contribution in [3.63, 3.8) is 0 Å². The molecular weight excluding hydrogens is 342 g/mol. The fourth-order valence-corrected chi connectivity index (χ4v) is 3.02. The molecule has 27 heavy (non-hydrogen) atoms. The number of nitrogens with zero attached hydrogens (tertiary/aromatic N) is 3. The maximum Gasteiger partial charge on any atom is 0.243 e. The Balaban J connectivity index is 1.78. The Morgan fingerprint density at radius 2 is 1.96 bits per heavy atom. The average molecular weight is 359 g/mol. The van der Waals surface area contributed by atoms with Gasteiger partial charge in [0.15, 0.2) is 5.69 Å². The summed E-state index contributed by atoms with van der Waals surface area (Å²) in [4.78, 5) is 30.0. The maximum absolute atomic E-state index is 12.9. The third-order valence-corrected chi connectivity index (χ3v) is 4.61. The number of carbonyl (C=O) groups excluding carboxylic acids is 2. The van der Waals surface area contributed by atoms with Crippen molar-refractivity contribution in [2.45, 2.75) is 20.3 Å². The van der Waals surface area contributed by atoms with Crippen LogP contribution >= 0.6 is 0 Å². The first-order valence-electron chi connectivity index (χ1n) is 8.36. The number of aryl methyl sites for hydroxylation is 1. The van der Waals surface area contributed by atoms with Crippen molar-refractivity contribution in [3.05, 3.63) is 65.0 Å². The van der Waals surface area contributed by atoms with Gasteiger partial charge in [-0.15, -0.1) is 0 Å². The molecule has 3 rings (SSSR count). The second kappa shape index (κ2) is 6.93. The topological polar surface area (TPSA) is 74.8 Å². The van der Waals surface area contributed by atoms with Crippen molar-refractivity contribution in [2.75, 3.05) is 11.5 Å². The summed E-state index contributed by atoms with van der Waals surface area (Å²) in [5.74, 6) is -0.0804. The van der Waals surface area contributed by atoms with Gasteiger partial charge in [0.1, 0.15) is 12.4 Å². The number of anilines is 1. The van der Waals surface area contributed by atoms with Crippen LogP contribution in [-0.2, 0) is 9.59 Å². The van der Waals surface area contributed by atoms with Crippen molar-refractivity contribution < 1.29 is 14.3 Å². The van der Waals surface area contributed by atoms with Crippen LogP contribution in [0.3, 0.4) is 0 Å². The van der Waals surface area contributed by atoms with E-state index in [1.54, 1.807) is 56.3 Å². The lowest BCUT2D eigenvalue weighted by atomic mass is 9.90. The number of hydrogen-bond acceptors (Lipinski definition) is 4. The fraction of sp³-hybridized carbons (Fsp3) is 0.238. The van der Waals surface area contributed by atoms with E-state index in [1.165, 1.54) is 4.90 Å². The quantitative estimate of drug-likeness (QED) is 0.615. The molecule has 6 nitrogen and oxygen atoms in total. The third kappa shape index (κ3) is 3.38. The van der Waals surface area contributed by atoms with Gasteiger partial charge in [0.2, 0.25) is 11.8 Å². The van der Waals surface area contributed by atoms with Crippen LogP contribution in [0.1, 0.15) is 24.5 Å². The zero-order valence-corrected chi connectivity index (χ0v) is 15.0. The second-order valence-electron chi connectivity index (χ2n) is 6.78. The van der Waals surface area contributed by atoms with E-state index in [0.717, 1.165) is 0 Å². The predicted octanol–water partition coefficient (Wildman–Crippen LogP) is 3.77. The van der Waals surface area contributed by atoms with Crippen molar-refractivity contribution in [1.29, 1.82) is 5.26 Å². The first kappa shape index (κ1) is 18.2. The molecule has 0 saturated carbocycles. The molecule has 6 heteroatoms. The lowest BCUT2D eigenvalue weighted by molar-refractivity contribution is -0.126. The van der Waals surface area contributed by atoms with Gasteiger partial charge in [0, 0.05) is 12.1 Å². The molecule has 1 aliphatic heterocycles. The van der Waals surface area contributed by atoms with E-state index in [2.05, 4.69) is 4.85 Å². The van der Waals surface area contributed by atoms with Crippen LogP contribution in [0.2, 0.25) is 0 Å². The number of amides is 2. The molecule has 134 valence electrons. The molecule has 0 radical (unpaired) electrons. The van der Waals surface area contributed by atoms with Gasteiger partial charge in [-0.3, -0.25) is 14.5 Å². The molecule has 2 aromatic carbocycles. The van der Waals surface area contributed by atoms with Gasteiger partial charge in [0.25, 0.3) is 0 Å². The lowest BCUT2D eigenvalue weighted by Crippen LogP contribution is -2.37. The summed E-state index contributed by atoms with van der Waals surface area (Å²) in [6.45, 7) is 10.6. The predicted molar refractivity (Wildman–Crippen MR) is 99.3 cm³/mol. The molecule has 1 aliphatic rings. The summed E-state index contributed by atoms with van der Waals surface area (Å²) in [7, 11) is 0. The Morgan fingerprint density at radius 1 is 1.26 bits per heavy atom. The number of nitriles is 1. The number of carbonyl (C=O) groups is 2. The van der Waals surface area contributed by atoms with E-state index in [-0.39, 0.29) is 24.8 Å². The monoisotopic (exact) mass is 359 g/mol. The van der Waals surface area contributed by atoms with Crippen molar-refractivity contribution in [1.82, 2.24) is 0 Å². The van der Waals surface area contributed by atoms with E-state index in [1.807, 2.05) is 6.07 Å². The normalized spacial score (nSPS) is 18.9. The molecule has 0 N–H and O–H groups in total. The van der Waals surface area contributed by atoms with Gasteiger partial charge in [-0.05, 0) is 55.8 Å². The molecule has 1 heterocycles. The molecular formula is C21H17N3O3. The summed E-state index contributed by atoms with van der Waals surface area (Å²) < 4.78 is 5.71. The summed E-state index contributed by atoms with van der Waals surface area (Å²) in [5, 5.41) is 8.83. The Morgan fingerprint density at radius 3 is 2.56 bits per heavy atom. The van der Waals surface area contributed by atoms with Gasteiger partial charge in [0.05, 0.1) is 23.6 Å². The van der Waals surface area contributed by atoms with Crippen molar-refractivity contribution in [3.8, 4) is 11.8 Å². The molecule has 1 atom stereocenters. The minimum atomic E-state index is -0.975. The van der Waals surface area contributed by atoms with Gasteiger partial charge in [-0.25, -0.2) is 4.85 Å². The van der Waals surface area contributed by atoms with Crippen LogP contribution in [0.5, 0.6) is 5.75 Å². The smallest absolute Gasteiger partial charge is 0.243 e. The van der Waals surface area contributed by atoms with Crippen LogP contribution < -0.4 is 9.64 Å². The van der Waals surface area contributed by atoms with Crippen LogP contribution in [0.15, 0.2) is 42.5 Å². The zero-order valence-electron chi connectivity index (χ0n) is 15.0. The van der Waals surface area contributed by atoms with E-state index < -0.39 is 5.41 Å². The number of hydrogen-bond donors (Lipinski definition) is 0. The third-order valence-electron chi connectivity index (χ3n) is 4.61. The fourth-order valence-electron chi connectivity index (χ4n) is 3.02. The SMILES string of the molecule is [C-]#[N+]c1ccc(N2C(=O)C[C@@](C)(COc3ccc(C#N)cc3)C2=O)cc1C. The zero-order chi connectivity index (χ0) is 19.6. The lowest BCUT2D eigenvalue weighted by Gasteiger charge is -2.22. The minimum absolute atomic E-state index is 0.0474. The molecule has 0 bridgehead atoms. The second-order valence-corrected chi connectivity index (χ2v) is 6.78. The van der Waals surface area contributed by atoms with Gasteiger partial charge in [-0.2, -0.15) is 5.26 Å². The Bertz CT molecular complexity index is 999. The summed E-state index contributed by atoms with van der Waals surface area (Å²) >= 11 is 0. The highest BCUT2D eigenvalue weighted by molar-refractivity contribution is 6.22. The molecule has 2 amide bonds. The molecule has 2 aromatic rings. The number of rotatable bonds is 4. The van der Waals surface area contributed by atoms with Gasteiger partial charge < -0.3 is 4.74 Å². The van der Waals surface area contributed by atoms with Crippen molar-refractivity contribution >= 4 is 23.2 Å². The maximum atomic E-state index is 12.9. The molecule has 0 unspecified atom stereocenters. The molecule has 0 aliphatic carbocycles. The first-order valence-corrected chi connectivity index (χ1v) is 8.36. The van der Waals surface area contributed by atoms with Crippen LogP contribution in [0.25, 0.3) is 4.85 Å². The van der Waals surface area contributed by atoms with Crippen LogP contribution in [0, 0.1) is 30.2 Å². The van der Waals surface area contributed by atoms with Crippen LogP contribution in [0.4, 0.5) is 11.4 Å². The van der Waals surface area contributed by atoms with Crippen molar-refractivity contribution in [2.24, 2.45) is 5.41 Å². The highest BCUT2D eigenvalue weighted by Gasteiger charge is 2.49. The number of ether oxygens (including phenoxy) is 1. The van der Waals surface area contributed by atoms with Crippen LogP contribution in [-0.4, -0.2) is 18.4 Å². The molecule has 0 aromatic heterocycles.